The fraction of sp³-hybridized carbons (Fsp3) is 0.435. The van der Waals surface area contributed by atoms with Gasteiger partial charge in [-0.3, -0.25) is 4.90 Å². The molecule has 0 spiro atoms. The molecule has 154 valence electrons. The van der Waals surface area contributed by atoms with Gasteiger partial charge in [-0.1, -0.05) is 36.4 Å². The predicted molar refractivity (Wildman–Crippen MR) is 116 cm³/mol. The first-order valence-corrected chi connectivity index (χ1v) is 10.5. The van der Waals surface area contributed by atoms with E-state index < -0.39 is 0 Å². The predicted octanol–water partition coefficient (Wildman–Crippen LogP) is 2.50. The second-order valence-electron chi connectivity index (χ2n) is 7.85. The molecule has 2 aromatic rings. The number of carbonyl (C=O) groups is 1. The molecule has 2 amide bonds. The summed E-state index contributed by atoms with van der Waals surface area (Å²) in [6.07, 6.45) is 0.861. The number of hydrogen-bond acceptors (Lipinski definition) is 4. The molecule has 2 aromatic carbocycles. The summed E-state index contributed by atoms with van der Waals surface area (Å²) in [5.41, 5.74) is 2.50. The van der Waals surface area contributed by atoms with E-state index in [4.69, 9.17) is 4.74 Å². The summed E-state index contributed by atoms with van der Waals surface area (Å²) in [4.78, 5) is 17.1. The van der Waals surface area contributed by atoms with Gasteiger partial charge in [-0.2, -0.15) is 0 Å². The Morgan fingerprint density at radius 1 is 1.03 bits per heavy atom. The molecule has 0 bridgehead atoms. The van der Waals surface area contributed by atoms with Crippen molar-refractivity contribution >= 4 is 11.7 Å². The molecule has 0 radical (unpaired) electrons. The average molecular weight is 395 g/mol. The molecule has 2 atom stereocenters. The van der Waals surface area contributed by atoms with Gasteiger partial charge >= 0.3 is 6.03 Å². The lowest BCUT2D eigenvalue weighted by Crippen LogP contribution is -2.53. The van der Waals surface area contributed by atoms with Gasteiger partial charge in [0.25, 0.3) is 0 Å². The first-order chi connectivity index (χ1) is 14.2. The second-order valence-corrected chi connectivity index (χ2v) is 7.85. The molecule has 6 nitrogen and oxygen atoms in total. The molecule has 2 N–H and O–H groups in total. The Labute approximate surface area is 172 Å². The zero-order valence-electron chi connectivity index (χ0n) is 17.0. The van der Waals surface area contributed by atoms with Crippen molar-refractivity contribution in [1.29, 1.82) is 0 Å². The molecule has 1 fully saturated rings. The molecule has 2 aliphatic rings. The van der Waals surface area contributed by atoms with Crippen molar-refractivity contribution in [2.24, 2.45) is 0 Å². The van der Waals surface area contributed by atoms with Crippen molar-refractivity contribution in [2.75, 3.05) is 44.2 Å². The summed E-state index contributed by atoms with van der Waals surface area (Å²) in [6, 6.07) is 18.8. The second kappa shape index (κ2) is 9.18. The van der Waals surface area contributed by atoms with E-state index in [0.717, 1.165) is 38.3 Å². The molecule has 0 aromatic heterocycles. The van der Waals surface area contributed by atoms with Crippen molar-refractivity contribution in [3.63, 3.8) is 0 Å². The minimum Gasteiger partial charge on any atom is -0.488 e. The van der Waals surface area contributed by atoms with E-state index in [1.807, 2.05) is 18.2 Å². The Kier molecular flexibility index (Phi) is 6.20. The van der Waals surface area contributed by atoms with Crippen LogP contribution < -0.4 is 20.3 Å². The van der Waals surface area contributed by atoms with Crippen LogP contribution in [0.25, 0.3) is 0 Å². The van der Waals surface area contributed by atoms with Gasteiger partial charge in [0.1, 0.15) is 11.9 Å². The van der Waals surface area contributed by atoms with Gasteiger partial charge in [0.15, 0.2) is 0 Å². The summed E-state index contributed by atoms with van der Waals surface area (Å²) < 4.78 is 5.87. The highest BCUT2D eigenvalue weighted by molar-refractivity contribution is 5.73. The zero-order valence-corrected chi connectivity index (χ0v) is 17.0. The highest BCUT2D eigenvalue weighted by Gasteiger charge is 2.24. The first-order valence-electron chi connectivity index (χ1n) is 10.5. The van der Waals surface area contributed by atoms with Gasteiger partial charge < -0.3 is 20.3 Å². The van der Waals surface area contributed by atoms with Gasteiger partial charge in [-0.15, -0.1) is 0 Å². The number of amides is 2. The van der Waals surface area contributed by atoms with E-state index in [9.17, 15) is 4.79 Å². The number of benzene rings is 2. The number of nitrogens with zero attached hydrogens (tertiary/aromatic N) is 2. The Morgan fingerprint density at radius 2 is 1.76 bits per heavy atom. The molecule has 29 heavy (non-hydrogen) atoms. The summed E-state index contributed by atoms with van der Waals surface area (Å²) in [7, 11) is 0. The normalized spacial score (nSPS) is 19.9. The van der Waals surface area contributed by atoms with Crippen LogP contribution in [0.3, 0.4) is 0 Å². The third-order valence-electron chi connectivity index (χ3n) is 5.82. The molecule has 4 rings (SSSR count). The maximum Gasteiger partial charge on any atom is 0.314 e. The maximum atomic E-state index is 12.2. The van der Waals surface area contributed by atoms with E-state index in [0.29, 0.717) is 19.1 Å². The van der Waals surface area contributed by atoms with Gasteiger partial charge in [0, 0.05) is 50.9 Å². The third-order valence-corrected chi connectivity index (χ3v) is 5.82. The quantitative estimate of drug-likeness (QED) is 0.791. The molecular formula is C23H30N4O2. The number of ether oxygens (including phenoxy) is 1. The number of rotatable bonds is 6. The summed E-state index contributed by atoms with van der Waals surface area (Å²) in [6.45, 7) is 7.38. The minimum absolute atomic E-state index is 0.0154. The van der Waals surface area contributed by atoms with Crippen molar-refractivity contribution in [1.82, 2.24) is 15.5 Å². The third kappa shape index (κ3) is 5.01. The zero-order chi connectivity index (χ0) is 20.1. The monoisotopic (exact) mass is 394 g/mol. The SMILES string of the molecule is CC(CNC(=O)NCC1Cc2ccccc2O1)N1CCN(c2ccccc2)CC1. The Balaban J connectivity index is 1.14. The van der Waals surface area contributed by atoms with E-state index in [-0.39, 0.29) is 12.1 Å². The minimum atomic E-state index is -0.126. The lowest BCUT2D eigenvalue weighted by atomic mass is 10.1. The number of urea groups is 1. The van der Waals surface area contributed by atoms with Crippen LogP contribution in [0.4, 0.5) is 10.5 Å². The number of nitrogens with one attached hydrogen (secondary N) is 2. The lowest BCUT2D eigenvalue weighted by molar-refractivity contribution is 0.187. The van der Waals surface area contributed by atoms with Crippen LogP contribution in [-0.4, -0.2) is 62.3 Å². The fourth-order valence-electron chi connectivity index (χ4n) is 4.07. The largest absolute Gasteiger partial charge is 0.488 e. The van der Waals surface area contributed by atoms with Crippen LogP contribution in [0.15, 0.2) is 54.6 Å². The van der Waals surface area contributed by atoms with Crippen LogP contribution >= 0.6 is 0 Å². The summed E-state index contributed by atoms with van der Waals surface area (Å²) in [5.74, 6) is 0.933. The number of fused-ring (bicyclic) bond motifs is 1. The van der Waals surface area contributed by atoms with Crippen molar-refractivity contribution in [3.8, 4) is 5.75 Å². The Bertz CT molecular complexity index is 781. The summed E-state index contributed by atoms with van der Waals surface area (Å²) in [5, 5.41) is 5.95. The van der Waals surface area contributed by atoms with E-state index >= 15 is 0 Å². The van der Waals surface area contributed by atoms with Crippen LogP contribution in [0.5, 0.6) is 5.75 Å². The van der Waals surface area contributed by atoms with Crippen molar-refractivity contribution in [3.05, 3.63) is 60.2 Å². The van der Waals surface area contributed by atoms with Gasteiger partial charge in [-0.25, -0.2) is 4.79 Å². The van der Waals surface area contributed by atoms with Crippen molar-refractivity contribution in [2.45, 2.75) is 25.5 Å². The number of piperazine rings is 1. The van der Waals surface area contributed by atoms with Gasteiger partial charge in [-0.05, 0) is 30.7 Å². The molecular weight excluding hydrogens is 364 g/mol. The van der Waals surface area contributed by atoms with E-state index in [1.165, 1.54) is 11.3 Å². The molecule has 2 heterocycles. The number of para-hydroxylation sites is 2. The number of hydrogen-bond donors (Lipinski definition) is 2. The Morgan fingerprint density at radius 3 is 2.52 bits per heavy atom. The number of carbonyl (C=O) groups excluding carboxylic acids is 1. The molecule has 1 saturated heterocycles. The van der Waals surface area contributed by atoms with Crippen LogP contribution in [-0.2, 0) is 6.42 Å². The topological polar surface area (TPSA) is 56.8 Å². The van der Waals surface area contributed by atoms with Crippen molar-refractivity contribution < 1.29 is 9.53 Å². The fourth-order valence-corrected chi connectivity index (χ4v) is 4.07. The van der Waals surface area contributed by atoms with E-state index in [2.05, 4.69) is 63.8 Å². The lowest BCUT2D eigenvalue weighted by Gasteiger charge is -2.39. The molecule has 6 heteroatoms. The highest BCUT2D eigenvalue weighted by atomic mass is 16.5. The van der Waals surface area contributed by atoms with E-state index in [1.54, 1.807) is 0 Å². The van der Waals surface area contributed by atoms with Gasteiger partial charge in [0.05, 0.1) is 6.54 Å². The molecule has 2 unspecified atom stereocenters. The summed E-state index contributed by atoms with van der Waals surface area (Å²) >= 11 is 0. The average Bonchev–Trinajstić information content (AvgIpc) is 3.20. The van der Waals surface area contributed by atoms with Crippen LogP contribution in [0, 0.1) is 0 Å². The molecule has 0 saturated carbocycles. The van der Waals surface area contributed by atoms with Crippen LogP contribution in [0.1, 0.15) is 12.5 Å². The maximum absolute atomic E-state index is 12.2. The smallest absolute Gasteiger partial charge is 0.314 e. The standard InChI is InChI=1S/C23H30N4O2/c1-18(26-11-13-27(14-12-26)20-8-3-2-4-9-20)16-24-23(28)25-17-21-15-19-7-5-6-10-22(19)29-21/h2-10,18,21H,11-17H2,1H3,(H2,24,25,28). The molecule has 2 aliphatic heterocycles. The number of anilines is 1. The highest BCUT2D eigenvalue weighted by Crippen LogP contribution is 2.27. The Hall–Kier alpha value is -2.73. The first kappa shape index (κ1) is 19.6. The van der Waals surface area contributed by atoms with Crippen LogP contribution in [0.2, 0.25) is 0 Å². The molecule has 0 aliphatic carbocycles. The van der Waals surface area contributed by atoms with Gasteiger partial charge in [0.2, 0.25) is 0 Å².